The zero-order chi connectivity index (χ0) is 24.1. The lowest BCUT2D eigenvalue weighted by molar-refractivity contribution is -0.127. The number of rotatable bonds is 13. The second-order valence-electron chi connectivity index (χ2n) is 8.11. The highest BCUT2D eigenvalue weighted by molar-refractivity contribution is 7.80. The van der Waals surface area contributed by atoms with E-state index >= 15 is 0 Å². The van der Waals surface area contributed by atoms with Gasteiger partial charge < -0.3 is 16.4 Å². The van der Waals surface area contributed by atoms with E-state index < -0.39 is 0 Å². The Hall–Kier alpha value is -2.47. The molecule has 0 aliphatic rings. The van der Waals surface area contributed by atoms with Crippen LogP contribution >= 0.6 is 12.6 Å². The highest BCUT2D eigenvalue weighted by Crippen LogP contribution is 2.24. The molecular weight excluding hydrogens is 416 g/mol. The van der Waals surface area contributed by atoms with Crippen LogP contribution in [-0.2, 0) is 4.79 Å². The van der Waals surface area contributed by atoms with Gasteiger partial charge in [-0.2, -0.15) is 0 Å². The molecule has 1 atom stereocenters. The first-order valence-electron chi connectivity index (χ1n) is 11.5. The van der Waals surface area contributed by atoms with Crippen LogP contribution < -0.4 is 11.5 Å². The summed E-state index contributed by atoms with van der Waals surface area (Å²) in [4.78, 5) is 20.4. The SMILES string of the molecule is C=C\C=C(/N=C(\C=C(/N)C(=O)N(CCC)CCC(C)CC)CCC)c1ccc(N)c(S)c1. The number of nitrogens with zero attached hydrogens (tertiary/aromatic N) is 2. The topological polar surface area (TPSA) is 84.7 Å². The van der Waals surface area contributed by atoms with E-state index in [4.69, 9.17) is 16.5 Å². The van der Waals surface area contributed by atoms with Gasteiger partial charge in [-0.3, -0.25) is 9.79 Å². The summed E-state index contributed by atoms with van der Waals surface area (Å²) < 4.78 is 0. The molecule has 32 heavy (non-hydrogen) atoms. The third kappa shape index (κ3) is 8.95. The molecule has 176 valence electrons. The normalized spacial score (nSPS) is 13.7. The van der Waals surface area contributed by atoms with Crippen LogP contribution in [0.1, 0.15) is 65.4 Å². The molecule has 0 heterocycles. The van der Waals surface area contributed by atoms with Crippen LogP contribution in [0.4, 0.5) is 5.69 Å². The number of hydrogen-bond donors (Lipinski definition) is 3. The number of carbonyl (C=O) groups is 1. The van der Waals surface area contributed by atoms with Crippen molar-refractivity contribution in [2.24, 2.45) is 16.6 Å². The van der Waals surface area contributed by atoms with Gasteiger partial charge in [0, 0.05) is 34.9 Å². The second kappa shape index (κ2) is 14.6. The largest absolute Gasteiger partial charge is 0.398 e. The number of hydrogen-bond acceptors (Lipinski definition) is 5. The molecule has 0 saturated heterocycles. The average molecular weight is 457 g/mol. The fourth-order valence-electron chi connectivity index (χ4n) is 3.17. The van der Waals surface area contributed by atoms with Crippen molar-refractivity contribution in [2.45, 2.75) is 64.7 Å². The van der Waals surface area contributed by atoms with Gasteiger partial charge in [0.1, 0.15) is 0 Å². The van der Waals surface area contributed by atoms with Gasteiger partial charge >= 0.3 is 0 Å². The van der Waals surface area contributed by atoms with Gasteiger partial charge in [0.05, 0.1) is 11.4 Å². The Morgan fingerprint density at radius 3 is 2.53 bits per heavy atom. The number of carbonyl (C=O) groups excluding carboxylic acids is 1. The molecule has 1 amide bonds. The molecule has 0 bridgehead atoms. The van der Waals surface area contributed by atoms with E-state index in [1.54, 1.807) is 18.2 Å². The van der Waals surface area contributed by atoms with Crippen molar-refractivity contribution in [1.82, 2.24) is 4.90 Å². The predicted octanol–water partition coefficient (Wildman–Crippen LogP) is 5.84. The van der Waals surface area contributed by atoms with Crippen LogP contribution in [0, 0.1) is 5.92 Å². The van der Waals surface area contributed by atoms with Crippen LogP contribution in [0.3, 0.4) is 0 Å². The molecule has 4 N–H and O–H groups in total. The first-order valence-corrected chi connectivity index (χ1v) is 12.0. The van der Waals surface area contributed by atoms with Gasteiger partial charge in [0.25, 0.3) is 5.91 Å². The van der Waals surface area contributed by atoms with E-state index in [-0.39, 0.29) is 11.6 Å². The van der Waals surface area contributed by atoms with Crippen LogP contribution in [0.25, 0.3) is 5.70 Å². The molecule has 0 saturated carbocycles. The Bertz CT molecular complexity index is 857. The maximum Gasteiger partial charge on any atom is 0.269 e. The Morgan fingerprint density at radius 1 is 1.25 bits per heavy atom. The lowest BCUT2D eigenvalue weighted by Crippen LogP contribution is -2.36. The molecule has 5 nitrogen and oxygen atoms in total. The molecule has 1 rings (SSSR count). The van der Waals surface area contributed by atoms with Gasteiger partial charge in [0.15, 0.2) is 0 Å². The maximum absolute atomic E-state index is 13.1. The lowest BCUT2D eigenvalue weighted by Gasteiger charge is -2.24. The maximum atomic E-state index is 13.1. The fourth-order valence-corrected chi connectivity index (χ4v) is 3.39. The van der Waals surface area contributed by atoms with Crippen molar-refractivity contribution >= 4 is 35.6 Å². The molecule has 1 unspecified atom stereocenters. The molecule has 0 spiro atoms. The third-order valence-corrected chi connectivity index (χ3v) is 5.70. The van der Waals surface area contributed by atoms with Crippen LogP contribution in [0.5, 0.6) is 0 Å². The molecule has 1 aromatic rings. The highest BCUT2D eigenvalue weighted by atomic mass is 32.1. The highest BCUT2D eigenvalue weighted by Gasteiger charge is 2.17. The Labute approximate surface area is 199 Å². The van der Waals surface area contributed by atoms with Crippen molar-refractivity contribution in [1.29, 1.82) is 0 Å². The molecule has 0 aliphatic carbocycles. The van der Waals surface area contributed by atoms with E-state index in [1.165, 1.54) is 0 Å². The van der Waals surface area contributed by atoms with E-state index in [9.17, 15) is 4.79 Å². The standard InChI is InChI=1S/C26H40N4OS/c1-6-10-21(29-24(11-7-2)20-12-13-22(27)25(32)17-20)18-23(28)26(31)30(15-8-3)16-14-19(5)9-4/h7,11-13,17-19,32H,2,6,8-10,14-16,27-28H2,1,3-5H3/b23-18-,24-11-,29-21-. The number of nitrogen functional groups attached to an aromatic ring is 1. The number of amides is 1. The lowest BCUT2D eigenvalue weighted by atomic mass is 10.0. The number of thiol groups is 1. The minimum absolute atomic E-state index is 0.127. The zero-order valence-electron chi connectivity index (χ0n) is 20.1. The Balaban J connectivity index is 3.23. The number of allylic oxidation sites excluding steroid dienone is 3. The summed E-state index contributed by atoms with van der Waals surface area (Å²) in [5, 5.41) is 0. The van der Waals surface area contributed by atoms with Gasteiger partial charge in [-0.25, -0.2) is 0 Å². The van der Waals surface area contributed by atoms with Crippen LogP contribution in [0.15, 0.2) is 58.6 Å². The summed E-state index contributed by atoms with van der Waals surface area (Å²) in [6.45, 7) is 13.7. The predicted molar refractivity (Wildman–Crippen MR) is 142 cm³/mol. The third-order valence-electron chi connectivity index (χ3n) is 5.31. The van der Waals surface area contributed by atoms with Crippen molar-refractivity contribution in [3.05, 3.63) is 54.3 Å². The summed E-state index contributed by atoms with van der Waals surface area (Å²) in [6, 6.07) is 5.57. The molecule has 0 fully saturated rings. The van der Waals surface area contributed by atoms with Gasteiger partial charge in [-0.05, 0) is 49.5 Å². The number of anilines is 1. The van der Waals surface area contributed by atoms with Crippen molar-refractivity contribution in [3.8, 4) is 0 Å². The average Bonchev–Trinajstić information content (AvgIpc) is 2.77. The fraction of sp³-hybridized carbons (Fsp3) is 0.462. The summed E-state index contributed by atoms with van der Waals surface area (Å²) in [5.41, 5.74) is 15.3. The summed E-state index contributed by atoms with van der Waals surface area (Å²) in [7, 11) is 0. The van der Waals surface area contributed by atoms with Gasteiger partial charge in [0.2, 0.25) is 0 Å². The second-order valence-corrected chi connectivity index (χ2v) is 8.59. The summed E-state index contributed by atoms with van der Waals surface area (Å²) >= 11 is 4.42. The van der Waals surface area contributed by atoms with Crippen LogP contribution in [-0.4, -0.2) is 29.6 Å². The quantitative estimate of drug-likeness (QED) is 0.115. The van der Waals surface area contributed by atoms with E-state index in [0.29, 0.717) is 36.0 Å². The zero-order valence-corrected chi connectivity index (χ0v) is 21.0. The number of aliphatic imine (C=N–C) groups is 1. The molecule has 0 aromatic heterocycles. The van der Waals surface area contributed by atoms with E-state index in [1.807, 2.05) is 23.1 Å². The Morgan fingerprint density at radius 2 is 1.97 bits per heavy atom. The Kier molecular flexibility index (Phi) is 12.5. The molecule has 0 radical (unpaired) electrons. The van der Waals surface area contributed by atoms with Crippen molar-refractivity contribution in [2.75, 3.05) is 18.8 Å². The first kappa shape index (κ1) is 27.6. The van der Waals surface area contributed by atoms with Crippen molar-refractivity contribution < 1.29 is 4.79 Å². The first-order chi connectivity index (χ1) is 15.3. The number of nitrogens with two attached hydrogens (primary N) is 2. The minimum Gasteiger partial charge on any atom is -0.398 e. The molecular formula is C26H40N4OS. The molecule has 1 aromatic carbocycles. The van der Waals surface area contributed by atoms with E-state index in [0.717, 1.165) is 42.7 Å². The molecule has 6 heteroatoms. The monoisotopic (exact) mass is 456 g/mol. The number of benzene rings is 1. The molecule has 0 aliphatic heterocycles. The minimum atomic E-state index is -0.127. The van der Waals surface area contributed by atoms with Crippen LogP contribution in [0.2, 0.25) is 0 Å². The summed E-state index contributed by atoms with van der Waals surface area (Å²) in [6.07, 6.45) is 9.78. The van der Waals surface area contributed by atoms with Gasteiger partial charge in [-0.1, -0.05) is 59.3 Å². The van der Waals surface area contributed by atoms with E-state index in [2.05, 4.69) is 46.9 Å². The summed E-state index contributed by atoms with van der Waals surface area (Å²) in [5.74, 6) is 0.450. The van der Waals surface area contributed by atoms with Crippen molar-refractivity contribution in [3.63, 3.8) is 0 Å². The smallest absolute Gasteiger partial charge is 0.269 e. The van der Waals surface area contributed by atoms with Gasteiger partial charge in [-0.15, -0.1) is 12.6 Å².